The van der Waals surface area contributed by atoms with Crippen molar-refractivity contribution in [2.45, 2.75) is 50.2 Å². The van der Waals surface area contributed by atoms with E-state index in [1.807, 2.05) is 0 Å². The number of nitrogens with one attached hydrogen (secondary N) is 1. The predicted octanol–water partition coefficient (Wildman–Crippen LogP) is 3.40. The van der Waals surface area contributed by atoms with Crippen LogP contribution in [0.3, 0.4) is 0 Å². The SMILES string of the molecule is COc1c([C@H]2C[C@@](C)(C(F)(F)F)O[C@@H]2C(=O)Nc2ccnc([C@@H](O)CO)c2)ccc(F)c1C. The van der Waals surface area contributed by atoms with Crippen LogP contribution in [0.5, 0.6) is 5.75 Å². The summed E-state index contributed by atoms with van der Waals surface area (Å²) in [4.78, 5) is 16.9. The number of methoxy groups -OCH3 is 1. The molecule has 1 aromatic carbocycles. The molecule has 3 rings (SSSR count). The Hall–Kier alpha value is -2.76. The van der Waals surface area contributed by atoms with Crippen molar-refractivity contribution in [2.24, 2.45) is 0 Å². The number of hydrogen-bond acceptors (Lipinski definition) is 6. The predicted molar refractivity (Wildman–Crippen MR) is 109 cm³/mol. The second-order valence-electron chi connectivity index (χ2n) is 8.03. The second kappa shape index (κ2) is 9.24. The van der Waals surface area contributed by atoms with Gasteiger partial charge in [-0.1, -0.05) is 6.07 Å². The van der Waals surface area contributed by atoms with E-state index >= 15 is 0 Å². The molecular weight excluding hydrogens is 448 g/mol. The number of aromatic nitrogens is 1. The number of hydrogen-bond donors (Lipinski definition) is 3. The summed E-state index contributed by atoms with van der Waals surface area (Å²) in [5, 5.41) is 21.3. The molecule has 2 heterocycles. The Labute approximate surface area is 187 Å². The third kappa shape index (κ3) is 4.80. The fraction of sp³-hybridized carbons (Fsp3) is 0.455. The number of halogens is 4. The molecule has 0 unspecified atom stereocenters. The molecule has 0 bridgehead atoms. The smallest absolute Gasteiger partial charge is 0.417 e. The Kier molecular flexibility index (Phi) is 6.96. The van der Waals surface area contributed by atoms with Gasteiger partial charge in [0.15, 0.2) is 5.60 Å². The zero-order valence-electron chi connectivity index (χ0n) is 18.1. The summed E-state index contributed by atoms with van der Waals surface area (Å²) in [6.07, 6.45) is -6.95. The third-order valence-electron chi connectivity index (χ3n) is 5.76. The molecular formula is C22H24F4N2O5. The Morgan fingerprint density at radius 3 is 2.70 bits per heavy atom. The molecule has 1 aliphatic heterocycles. The van der Waals surface area contributed by atoms with Gasteiger partial charge in [0, 0.05) is 28.9 Å². The van der Waals surface area contributed by atoms with Crippen molar-refractivity contribution in [2.75, 3.05) is 19.0 Å². The molecule has 3 N–H and O–H groups in total. The van der Waals surface area contributed by atoms with Gasteiger partial charge in [-0.25, -0.2) is 4.39 Å². The standard InChI is InChI=1S/C22H24F4N2O5/c1-11-15(23)5-4-13(18(11)32-3)14-9-21(2,22(24,25)26)33-19(14)20(31)28-12-6-7-27-16(8-12)17(30)10-29/h4-8,14,17,19,29-30H,9-10H2,1-3H3,(H,27,28,31)/t14-,17+,19+,21+/m1/s1. The van der Waals surface area contributed by atoms with Gasteiger partial charge in [-0.2, -0.15) is 13.2 Å². The van der Waals surface area contributed by atoms with Crippen molar-refractivity contribution in [1.29, 1.82) is 0 Å². The number of anilines is 1. The third-order valence-corrected chi connectivity index (χ3v) is 5.76. The van der Waals surface area contributed by atoms with Crippen LogP contribution in [0.2, 0.25) is 0 Å². The average Bonchev–Trinajstić information content (AvgIpc) is 3.14. The molecule has 1 aliphatic rings. The summed E-state index contributed by atoms with van der Waals surface area (Å²) in [7, 11) is 1.27. The van der Waals surface area contributed by atoms with Crippen LogP contribution in [-0.4, -0.2) is 52.7 Å². The van der Waals surface area contributed by atoms with Crippen molar-refractivity contribution in [3.8, 4) is 5.75 Å². The van der Waals surface area contributed by atoms with Crippen molar-refractivity contribution in [3.63, 3.8) is 0 Å². The molecule has 0 saturated carbocycles. The highest BCUT2D eigenvalue weighted by atomic mass is 19.4. The Morgan fingerprint density at radius 1 is 1.39 bits per heavy atom. The van der Waals surface area contributed by atoms with Crippen LogP contribution in [0, 0.1) is 12.7 Å². The first-order chi connectivity index (χ1) is 15.4. The van der Waals surface area contributed by atoms with E-state index in [1.165, 1.54) is 38.4 Å². The first-order valence-electron chi connectivity index (χ1n) is 10.0. The van der Waals surface area contributed by atoms with Crippen LogP contribution in [0.1, 0.15) is 42.2 Å². The minimum atomic E-state index is -4.77. The summed E-state index contributed by atoms with van der Waals surface area (Å²) >= 11 is 0. The lowest BCUT2D eigenvalue weighted by Gasteiger charge is -2.27. The van der Waals surface area contributed by atoms with Gasteiger partial charge in [0.25, 0.3) is 5.91 Å². The highest BCUT2D eigenvalue weighted by Crippen LogP contribution is 2.51. The van der Waals surface area contributed by atoms with Gasteiger partial charge in [0.1, 0.15) is 23.8 Å². The lowest BCUT2D eigenvalue weighted by Crippen LogP contribution is -2.43. The summed E-state index contributed by atoms with van der Waals surface area (Å²) in [5.74, 6) is -2.51. The maximum atomic E-state index is 14.0. The van der Waals surface area contributed by atoms with Crippen LogP contribution < -0.4 is 10.1 Å². The molecule has 2 aromatic rings. The molecule has 0 spiro atoms. The Bertz CT molecular complexity index is 1030. The first-order valence-corrected chi connectivity index (χ1v) is 10.0. The van der Waals surface area contributed by atoms with Gasteiger partial charge in [0.2, 0.25) is 0 Å². The molecule has 0 aliphatic carbocycles. The van der Waals surface area contributed by atoms with E-state index < -0.39 is 54.7 Å². The summed E-state index contributed by atoms with van der Waals surface area (Å²) in [6, 6.07) is 5.06. The number of aliphatic hydroxyl groups is 2. The van der Waals surface area contributed by atoms with Crippen molar-refractivity contribution in [3.05, 3.63) is 53.1 Å². The van der Waals surface area contributed by atoms with Crippen LogP contribution in [-0.2, 0) is 9.53 Å². The van der Waals surface area contributed by atoms with Crippen LogP contribution in [0.25, 0.3) is 0 Å². The molecule has 11 heteroatoms. The molecule has 1 aromatic heterocycles. The summed E-state index contributed by atoms with van der Waals surface area (Å²) < 4.78 is 66.0. The molecule has 0 radical (unpaired) electrons. The molecule has 33 heavy (non-hydrogen) atoms. The maximum absolute atomic E-state index is 14.0. The number of carbonyl (C=O) groups is 1. The van der Waals surface area contributed by atoms with Gasteiger partial charge in [0.05, 0.1) is 19.4 Å². The second-order valence-corrected chi connectivity index (χ2v) is 8.03. The Morgan fingerprint density at radius 2 is 2.09 bits per heavy atom. The fourth-order valence-electron chi connectivity index (χ4n) is 3.90. The van der Waals surface area contributed by atoms with Gasteiger partial charge in [-0.05, 0) is 38.5 Å². The zero-order chi connectivity index (χ0) is 24.6. The summed E-state index contributed by atoms with van der Waals surface area (Å²) in [6.45, 7) is 1.68. The highest BCUT2D eigenvalue weighted by Gasteiger charge is 2.61. The normalized spacial score (nSPS) is 23.9. The van der Waals surface area contributed by atoms with E-state index in [2.05, 4.69) is 10.3 Å². The number of ether oxygens (including phenoxy) is 2. The topological polar surface area (TPSA) is 101 Å². The zero-order valence-corrected chi connectivity index (χ0v) is 18.1. The van der Waals surface area contributed by atoms with Crippen molar-refractivity contribution < 1.29 is 42.0 Å². The first kappa shape index (κ1) is 24.9. The lowest BCUT2D eigenvalue weighted by atomic mass is 9.85. The van der Waals surface area contributed by atoms with E-state index in [9.17, 15) is 27.5 Å². The fourth-order valence-corrected chi connectivity index (χ4v) is 3.90. The average molecular weight is 472 g/mol. The molecule has 7 nitrogen and oxygen atoms in total. The van der Waals surface area contributed by atoms with E-state index in [0.717, 1.165) is 13.0 Å². The number of rotatable bonds is 6. The molecule has 1 fully saturated rings. The van der Waals surface area contributed by atoms with E-state index in [-0.39, 0.29) is 28.3 Å². The number of carbonyl (C=O) groups excluding carboxylic acids is 1. The molecule has 1 saturated heterocycles. The quantitative estimate of drug-likeness (QED) is 0.558. The molecule has 4 atom stereocenters. The van der Waals surface area contributed by atoms with Gasteiger partial charge >= 0.3 is 6.18 Å². The van der Waals surface area contributed by atoms with Crippen LogP contribution >= 0.6 is 0 Å². The lowest BCUT2D eigenvalue weighted by molar-refractivity contribution is -0.261. The highest BCUT2D eigenvalue weighted by molar-refractivity contribution is 5.95. The summed E-state index contributed by atoms with van der Waals surface area (Å²) in [5.41, 5.74) is -2.09. The van der Waals surface area contributed by atoms with Crippen LogP contribution in [0.15, 0.2) is 30.5 Å². The van der Waals surface area contributed by atoms with Gasteiger partial charge in [-0.15, -0.1) is 0 Å². The number of nitrogens with zero attached hydrogens (tertiary/aromatic N) is 1. The number of alkyl halides is 3. The van der Waals surface area contributed by atoms with Gasteiger partial charge in [-0.3, -0.25) is 9.78 Å². The number of aliphatic hydroxyl groups excluding tert-OH is 2. The van der Waals surface area contributed by atoms with Crippen molar-refractivity contribution in [1.82, 2.24) is 4.98 Å². The Balaban J connectivity index is 1.99. The maximum Gasteiger partial charge on any atom is 0.417 e. The largest absolute Gasteiger partial charge is 0.496 e. The number of benzene rings is 1. The molecule has 1 amide bonds. The van der Waals surface area contributed by atoms with Gasteiger partial charge < -0.3 is 25.0 Å². The minimum Gasteiger partial charge on any atom is -0.496 e. The molecule has 180 valence electrons. The van der Waals surface area contributed by atoms with E-state index in [0.29, 0.717) is 0 Å². The minimum absolute atomic E-state index is 0.0464. The van der Waals surface area contributed by atoms with E-state index in [4.69, 9.17) is 14.6 Å². The monoisotopic (exact) mass is 472 g/mol. The van der Waals surface area contributed by atoms with E-state index in [1.54, 1.807) is 0 Å². The van der Waals surface area contributed by atoms with Crippen LogP contribution in [0.4, 0.5) is 23.2 Å². The number of pyridine rings is 1. The number of amides is 1. The van der Waals surface area contributed by atoms with Crippen molar-refractivity contribution >= 4 is 11.6 Å².